The Morgan fingerprint density at radius 2 is 2.00 bits per heavy atom. The van der Waals surface area contributed by atoms with E-state index in [9.17, 15) is 9.81 Å². The summed E-state index contributed by atoms with van der Waals surface area (Å²) >= 11 is 0. The summed E-state index contributed by atoms with van der Waals surface area (Å²) < 4.78 is 8.01. The van der Waals surface area contributed by atoms with Crippen LogP contribution in [-0.4, -0.2) is 26.7 Å². The van der Waals surface area contributed by atoms with Crippen LogP contribution in [0.5, 0.6) is 5.75 Å². The van der Waals surface area contributed by atoms with E-state index in [-0.39, 0.29) is 6.54 Å². The molecule has 3 rings (SSSR count). The van der Waals surface area contributed by atoms with Gasteiger partial charge in [0.2, 0.25) is 0 Å². The van der Waals surface area contributed by atoms with E-state index in [4.69, 9.17) is 10.5 Å². The van der Waals surface area contributed by atoms with E-state index in [2.05, 4.69) is 34.2 Å². The summed E-state index contributed by atoms with van der Waals surface area (Å²) in [7, 11) is 0. The summed E-state index contributed by atoms with van der Waals surface area (Å²) in [5.74, 6) is 1.78. The normalized spacial score (nSPS) is 12.0. The number of ether oxygens (including phenoxy) is 1. The Hall–Kier alpha value is -3.10. The Balaban J connectivity index is 2.19. The summed E-state index contributed by atoms with van der Waals surface area (Å²) in [4.78, 5) is 30.9. The molecule has 2 aromatic heterocycles. The highest BCUT2D eigenvalue weighted by Gasteiger charge is 2.22. The Labute approximate surface area is 168 Å². The van der Waals surface area contributed by atoms with Crippen LogP contribution in [0.4, 0.5) is 5.82 Å². The molecular weight excluding hydrogens is 372 g/mol. The van der Waals surface area contributed by atoms with Crippen molar-refractivity contribution in [3.05, 3.63) is 33.8 Å². The summed E-state index contributed by atoms with van der Waals surface area (Å²) in [5.41, 5.74) is 7.46. The van der Waals surface area contributed by atoms with Gasteiger partial charge in [-0.3, -0.25) is 0 Å². The van der Waals surface area contributed by atoms with E-state index >= 15 is 0 Å². The maximum absolute atomic E-state index is 11.0. The standard InChI is InChI=1S/C20H26N6O3/c1-12(2)11-26-15(10-22-27)24-17-18(26)16-13(23-19(17)21)6-5-7-14(16)29-9-8-20(3,4)25-28/h5-7,12H,8-11H2,1-4H3,(H2,21,23). The van der Waals surface area contributed by atoms with Crippen molar-refractivity contribution >= 4 is 27.8 Å². The minimum atomic E-state index is -0.704. The molecule has 0 spiro atoms. The van der Waals surface area contributed by atoms with Crippen LogP contribution >= 0.6 is 0 Å². The molecule has 29 heavy (non-hydrogen) atoms. The zero-order valence-electron chi connectivity index (χ0n) is 17.2. The number of nitrogens with two attached hydrogens (primary N) is 1. The Morgan fingerprint density at radius 3 is 2.66 bits per heavy atom. The number of benzene rings is 1. The number of fused-ring (bicyclic) bond motifs is 3. The van der Waals surface area contributed by atoms with Gasteiger partial charge in [-0.15, -0.1) is 0 Å². The van der Waals surface area contributed by atoms with Crippen LogP contribution in [0.3, 0.4) is 0 Å². The van der Waals surface area contributed by atoms with E-state index in [1.165, 1.54) is 0 Å². The molecule has 0 saturated heterocycles. The molecule has 3 aromatic rings. The fourth-order valence-corrected chi connectivity index (χ4v) is 3.28. The number of rotatable bonds is 9. The molecule has 2 N–H and O–H groups in total. The number of anilines is 1. The first-order valence-corrected chi connectivity index (χ1v) is 9.61. The lowest BCUT2D eigenvalue weighted by molar-refractivity contribution is 0.277. The molecular formula is C20H26N6O3. The van der Waals surface area contributed by atoms with Crippen LogP contribution in [0.15, 0.2) is 28.6 Å². The number of nitroso groups, excluding NO2 is 2. The molecule has 0 radical (unpaired) electrons. The fraction of sp³-hybridized carbons (Fsp3) is 0.500. The predicted octanol–water partition coefficient (Wildman–Crippen LogP) is 4.40. The van der Waals surface area contributed by atoms with Gasteiger partial charge in [0.25, 0.3) is 0 Å². The molecule has 154 valence electrons. The van der Waals surface area contributed by atoms with E-state index in [0.29, 0.717) is 53.9 Å². The highest BCUT2D eigenvalue weighted by Crippen LogP contribution is 2.35. The maximum atomic E-state index is 11.0. The first-order chi connectivity index (χ1) is 13.8. The van der Waals surface area contributed by atoms with Gasteiger partial charge in [0.15, 0.2) is 5.82 Å². The fourth-order valence-electron chi connectivity index (χ4n) is 3.28. The molecule has 2 heterocycles. The third-order valence-electron chi connectivity index (χ3n) is 4.74. The average molecular weight is 398 g/mol. The van der Waals surface area contributed by atoms with Crippen molar-refractivity contribution in [2.24, 2.45) is 16.3 Å². The molecule has 0 aliphatic rings. The third kappa shape index (κ3) is 4.18. The number of nitrogen functional groups attached to an aromatic ring is 1. The monoisotopic (exact) mass is 398 g/mol. The summed E-state index contributed by atoms with van der Waals surface area (Å²) in [5, 5.41) is 6.93. The first-order valence-electron chi connectivity index (χ1n) is 9.61. The number of nitrogens with zero attached hydrogens (tertiary/aromatic N) is 5. The molecule has 0 aliphatic heterocycles. The zero-order chi connectivity index (χ0) is 21.2. The quantitative estimate of drug-likeness (QED) is 0.532. The van der Waals surface area contributed by atoms with Crippen molar-refractivity contribution in [1.29, 1.82) is 0 Å². The Morgan fingerprint density at radius 1 is 1.24 bits per heavy atom. The van der Waals surface area contributed by atoms with Crippen LogP contribution in [0.1, 0.15) is 39.9 Å². The molecule has 0 aliphatic carbocycles. The van der Waals surface area contributed by atoms with Crippen molar-refractivity contribution in [1.82, 2.24) is 14.5 Å². The van der Waals surface area contributed by atoms with Gasteiger partial charge >= 0.3 is 0 Å². The minimum absolute atomic E-state index is 0.0510. The lowest BCUT2D eigenvalue weighted by Crippen LogP contribution is -2.19. The summed E-state index contributed by atoms with van der Waals surface area (Å²) in [6.07, 6.45) is 0.476. The van der Waals surface area contributed by atoms with Crippen LogP contribution < -0.4 is 10.5 Å². The van der Waals surface area contributed by atoms with Crippen LogP contribution in [0.2, 0.25) is 0 Å². The van der Waals surface area contributed by atoms with E-state index < -0.39 is 5.54 Å². The second kappa shape index (κ2) is 8.10. The molecule has 0 saturated carbocycles. The van der Waals surface area contributed by atoms with Crippen molar-refractivity contribution in [3.8, 4) is 5.75 Å². The topological polar surface area (TPSA) is 125 Å². The smallest absolute Gasteiger partial charge is 0.152 e. The van der Waals surface area contributed by atoms with E-state index in [1.54, 1.807) is 13.8 Å². The first kappa shape index (κ1) is 20.6. The second-order valence-corrected chi connectivity index (χ2v) is 8.17. The Bertz CT molecular complexity index is 1060. The van der Waals surface area contributed by atoms with E-state index in [1.807, 2.05) is 22.8 Å². The SMILES string of the molecule is CC(C)Cn1c(CN=O)nc2c(N)nc3cccc(OCCC(C)(C)N=O)c3c21. The number of imidazole rings is 1. The lowest BCUT2D eigenvalue weighted by atomic mass is 10.0. The molecule has 0 fully saturated rings. The van der Waals surface area contributed by atoms with Gasteiger partial charge in [-0.05, 0) is 31.9 Å². The Kier molecular flexibility index (Phi) is 5.76. The van der Waals surface area contributed by atoms with Gasteiger partial charge in [0.1, 0.15) is 29.2 Å². The molecule has 0 unspecified atom stereocenters. The molecule has 9 nitrogen and oxygen atoms in total. The van der Waals surface area contributed by atoms with Gasteiger partial charge in [-0.1, -0.05) is 30.3 Å². The lowest BCUT2D eigenvalue weighted by Gasteiger charge is -2.17. The van der Waals surface area contributed by atoms with Gasteiger partial charge in [-0.25, -0.2) is 9.97 Å². The molecule has 0 amide bonds. The van der Waals surface area contributed by atoms with Crippen molar-refractivity contribution in [3.63, 3.8) is 0 Å². The summed E-state index contributed by atoms with van der Waals surface area (Å²) in [6, 6.07) is 5.56. The third-order valence-corrected chi connectivity index (χ3v) is 4.74. The molecule has 0 bridgehead atoms. The van der Waals surface area contributed by atoms with Crippen LogP contribution in [0.25, 0.3) is 21.9 Å². The number of hydrogen-bond donors (Lipinski definition) is 1. The van der Waals surface area contributed by atoms with E-state index in [0.717, 1.165) is 10.9 Å². The van der Waals surface area contributed by atoms with Gasteiger partial charge in [0, 0.05) is 13.0 Å². The highest BCUT2D eigenvalue weighted by atomic mass is 16.5. The molecule has 0 atom stereocenters. The van der Waals surface area contributed by atoms with Gasteiger partial charge < -0.3 is 15.0 Å². The molecule has 9 heteroatoms. The average Bonchev–Trinajstić information content (AvgIpc) is 3.00. The molecule has 1 aromatic carbocycles. The van der Waals surface area contributed by atoms with Crippen molar-refractivity contribution in [2.45, 2.75) is 52.7 Å². The van der Waals surface area contributed by atoms with Crippen LogP contribution in [-0.2, 0) is 13.1 Å². The van der Waals surface area contributed by atoms with Crippen molar-refractivity contribution in [2.75, 3.05) is 12.3 Å². The highest BCUT2D eigenvalue weighted by molar-refractivity contribution is 6.09. The largest absolute Gasteiger partial charge is 0.493 e. The van der Waals surface area contributed by atoms with Gasteiger partial charge in [0.05, 0.1) is 23.0 Å². The predicted molar refractivity (Wildman–Crippen MR) is 114 cm³/mol. The van der Waals surface area contributed by atoms with Crippen LogP contribution in [0, 0.1) is 15.7 Å². The van der Waals surface area contributed by atoms with Gasteiger partial charge in [-0.2, -0.15) is 9.81 Å². The number of aromatic nitrogens is 3. The second-order valence-electron chi connectivity index (χ2n) is 8.17. The number of hydrogen-bond acceptors (Lipinski definition) is 8. The van der Waals surface area contributed by atoms with Crippen molar-refractivity contribution < 1.29 is 4.74 Å². The maximum Gasteiger partial charge on any atom is 0.152 e. The minimum Gasteiger partial charge on any atom is -0.493 e. The number of pyridine rings is 1. The zero-order valence-corrected chi connectivity index (χ0v) is 17.2. The summed E-state index contributed by atoms with van der Waals surface area (Å²) in [6.45, 7) is 8.63.